The van der Waals surface area contributed by atoms with Gasteiger partial charge in [0.05, 0.1) is 5.69 Å². The van der Waals surface area contributed by atoms with Crippen LogP contribution in [0, 0.1) is 0 Å². The van der Waals surface area contributed by atoms with Crippen LogP contribution in [0.1, 0.15) is 51.3 Å². The maximum absolute atomic E-state index is 2.73. The molecule has 6 heteroatoms. The van der Waals surface area contributed by atoms with Crippen LogP contribution in [-0.4, -0.2) is 13.4 Å². The second-order valence-corrected chi connectivity index (χ2v) is 34.1. The molecule has 0 spiro atoms. The Bertz CT molecular complexity index is 7620. The van der Waals surface area contributed by atoms with Gasteiger partial charge >= 0.3 is 0 Å². The molecule has 6 aliphatic rings. The fraction of sp³-hybridized carbons (Fsp3) is 0.0642. The minimum Gasteiger partial charge on any atom is -0.311 e. The molecule has 6 aliphatic heterocycles. The Morgan fingerprint density at radius 3 is 0.948 bits per heavy atom. The Morgan fingerprint density at radius 2 is 0.548 bits per heavy atom. The predicted molar refractivity (Wildman–Crippen MR) is 494 cm³/mol. The third-order valence-corrected chi connectivity index (χ3v) is 26.9. The van der Waals surface area contributed by atoms with Crippen LogP contribution in [-0.2, 0) is 10.8 Å². The molecule has 0 N–H and O–H groups in total. The fourth-order valence-corrected chi connectivity index (χ4v) is 21.5. The van der Waals surface area contributed by atoms with Crippen molar-refractivity contribution in [2.45, 2.75) is 45.4 Å². The second kappa shape index (κ2) is 23.6. The normalized spacial score (nSPS) is 14.1. The largest absolute Gasteiger partial charge is 0.311 e. The number of para-hydroxylation sites is 3. The standard InChI is InChI=1S/C109H74B2N4/c1-108(2,3)68-56-101-105-102(57-68)113(71-51-54-88-82-35-13-10-29-76(82)79-32-16-19-38-85(79)91(88)61-71)99-64-100-96(63-95(99)110(105)93-42-21-23-44-97(93)112(101)70-50-53-87-81-34-12-9-28-75(81)78-31-15-18-37-84(78)90(87)60-70)111-94-43-22-24-45-98(94)115-104-59-69(109(4,5)67-48-46-66(47-49-67)74-41-25-40-73(107(74)115)65-26-7-6-8-27-65)58-103(106(104)111)114(100)72-52-55-89-83-36-14-11-30-77(83)80-33-17-20-39-86(80)92(89)62-72/h6-64H,1-5H3. The average Bonchev–Trinajstić information content (AvgIpc) is 1.23. The van der Waals surface area contributed by atoms with Gasteiger partial charge in [-0.3, -0.25) is 0 Å². The van der Waals surface area contributed by atoms with Gasteiger partial charge in [0.25, 0.3) is 13.4 Å². The number of hydrogen-bond acceptors (Lipinski definition) is 4. The molecule has 0 radical (unpaired) electrons. The third-order valence-electron chi connectivity index (χ3n) is 26.9. The van der Waals surface area contributed by atoms with Crippen molar-refractivity contribution in [1.82, 2.24) is 0 Å². The minimum atomic E-state index is -0.451. The smallest absolute Gasteiger partial charge is 0.252 e. The molecular weight excluding hydrogens is 1390 g/mol. The first-order chi connectivity index (χ1) is 56.5. The first-order valence-electron chi connectivity index (χ1n) is 40.7. The van der Waals surface area contributed by atoms with E-state index in [9.17, 15) is 0 Å². The van der Waals surface area contributed by atoms with E-state index >= 15 is 0 Å². The zero-order valence-electron chi connectivity index (χ0n) is 64.5. The molecule has 0 fully saturated rings. The highest BCUT2D eigenvalue weighted by Crippen LogP contribution is 2.56. The van der Waals surface area contributed by atoms with Gasteiger partial charge in [-0.2, -0.15) is 0 Å². The number of fused-ring (bicyclic) bond motifs is 28. The quantitative estimate of drug-likeness (QED) is 0.129. The highest BCUT2D eigenvalue weighted by molar-refractivity contribution is 7.03. The highest BCUT2D eigenvalue weighted by Gasteiger charge is 2.50. The molecule has 20 aromatic carbocycles. The van der Waals surface area contributed by atoms with E-state index in [0.29, 0.717) is 0 Å². The van der Waals surface area contributed by atoms with Crippen molar-refractivity contribution in [3.8, 4) is 22.3 Å². The van der Waals surface area contributed by atoms with E-state index in [4.69, 9.17) is 0 Å². The molecule has 536 valence electrons. The number of anilines is 12. The first kappa shape index (κ1) is 64.7. The SMILES string of the molecule is CC(C)(C)c1cc2c3c(c1)N(c1ccc4c5ccccc5c5ccccc5c4c1)c1cc4c(cc1B3c1ccccc1N2c1ccc2c3ccccc3c3ccccc3c2c1)B1c2ccccc2N2c3cc(cc(c31)N4c1ccc3c4ccccc4c4ccccc4c3c1)C(C)(C)c1ccc(cc1)-c1cccc(-c3ccccc3)c12. The van der Waals surface area contributed by atoms with Crippen LogP contribution in [0.5, 0.6) is 0 Å². The summed E-state index contributed by atoms with van der Waals surface area (Å²) in [5, 5.41) is 22.5. The lowest BCUT2D eigenvalue weighted by atomic mass is 9.30. The van der Waals surface area contributed by atoms with Gasteiger partial charge in [-0.25, -0.2) is 0 Å². The molecule has 0 saturated carbocycles. The summed E-state index contributed by atoms with van der Waals surface area (Å²) >= 11 is 0. The van der Waals surface area contributed by atoms with Crippen molar-refractivity contribution in [2.24, 2.45) is 0 Å². The highest BCUT2D eigenvalue weighted by atomic mass is 15.2. The Balaban J connectivity index is 0.830. The lowest BCUT2D eigenvalue weighted by Gasteiger charge is -2.48. The number of rotatable bonds is 4. The van der Waals surface area contributed by atoms with Gasteiger partial charge < -0.3 is 19.6 Å². The number of benzene rings is 20. The Kier molecular flexibility index (Phi) is 13.3. The summed E-state index contributed by atoms with van der Waals surface area (Å²) in [7, 11) is 0. The zero-order valence-corrected chi connectivity index (χ0v) is 64.5. The van der Waals surface area contributed by atoms with E-state index in [1.54, 1.807) is 0 Å². The van der Waals surface area contributed by atoms with Gasteiger partial charge in [-0.15, -0.1) is 0 Å². The molecule has 0 amide bonds. The number of nitrogens with zero attached hydrogens (tertiary/aromatic N) is 4. The van der Waals surface area contributed by atoms with Gasteiger partial charge in [0.1, 0.15) is 0 Å². The first-order valence-corrected chi connectivity index (χ1v) is 40.7. The molecule has 0 aromatic heterocycles. The van der Waals surface area contributed by atoms with Crippen molar-refractivity contribution < 1.29 is 0 Å². The molecule has 26 rings (SSSR count). The van der Waals surface area contributed by atoms with Crippen LogP contribution < -0.4 is 52.4 Å². The Labute approximate surface area is 668 Å². The molecule has 115 heavy (non-hydrogen) atoms. The van der Waals surface area contributed by atoms with E-state index in [1.165, 1.54) is 208 Å². The summed E-state index contributed by atoms with van der Waals surface area (Å²) in [6, 6.07) is 139. The molecule has 20 aromatic rings. The molecule has 4 nitrogen and oxygen atoms in total. The monoisotopic (exact) mass is 1460 g/mol. The lowest BCUT2D eigenvalue weighted by Crippen LogP contribution is -2.65. The molecule has 6 heterocycles. The average molecular weight is 1460 g/mol. The second-order valence-electron chi connectivity index (χ2n) is 34.1. The summed E-state index contributed by atoms with van der Waals surface area (Å²) in [4.78, 5) is 10.8. The van der Waals surface area contributed by atoms with E-state index in [-0.39, 0.29) is 18.8 Å². The molecular formula is C109H74B2N4. The van der Waals surface area contributed by atoms with Crippen LogP contribution in [0.2, 0.25) is 0 Å². The van der Waals surface area contributed by atoms with Crippen molar-refractivity contribution in [3.05, 3.63) is 375 Å². The van der Waals surface area contributed by atoms with E-state index in [1.807, 2.05) is 0 Å². The van der Waals surface area contributed by atoms with Gasteiger partial charge in [-0.05, 0) is 242 Å². The van der Waals surface area contributed by atoms with Crippen LogP contribution in [0.15, 0.2) is 358 Å². The van der Waals surface area contributed by atoms with E-state index in [0.717, 1.165) is 28.4 Å². The van der Waals surface area contributed by atoms with E-state index in [2.05, 4.69) is 412 Å². The van der Waals surface area contributed by atoms with Crippen LogP contribution in [0.25, 0.3) is 119 Å². The molecule has 0 saturated heterocycles. The van der Waals surface area contributed by atoms with Gasteiger partial charge in [0.15, 0.2) is 0 Å². The molecule has 0 atom stereocenters. The third kappa shape index (κ3) is 9.00. The number of hydrogen-bond donors (Lipinski definition) is 0. The minimum absolute atomic E-state index is 0.210. The van der Waals surface area contributed by atoms with Crippen LogP contribution in [0.3, 0.4) is 0 Å². The van der Waals surface area contributed by atoms with Crippen molar-refractivity contribution >= 4 is 211 Å². The Hall–Kier alpha value is -13.9. The van der Waals surface area contributed by atoms with Crippen molar-refractivity contribution in [2.75, 3.05) is 19.6 Å². The lowest BCUT2D eigenvalue weighted by molar-refractivity contribution is 0.590. The van der Waals surface area contributed by atoms with Gasteiger partial charge in [0, 0.05) is 79.1 Å². The van der Waals surface area contributed by atoms with Crippen molar-refractivity contribution in [1.29, 1.82) is 0 Å². The maximum Gasteiger partial charge on any atom is 0.252 e. The maximum atomic E-state index is 2.73. The molecule has 0 aliphatic carbocycles. The van der Waals surface area contributed by atoms with Gasteiger partial charge in [-0.1, -0.05) is 314 Å². The zero-order chi connectivity index (χ0) is 76.0. The van der Waals surface area contributed by atoms with Gasteiger partial charge in [0.2, 0.25) is 0 Å². The van der Waals surface area contributed by atoms with Crippen molar-refractivity contribution in [3.63, 3.8) is 0 Å². The topological polar surface area (TPSA) is 13.0 Å². The van der Waals surface area contributed by atoms with Crippen LogP contribution in [0.4, 0.5) is 68.2 Å². The van der Waals surface area contributed by atoms with E-state index < -0.39 is 5.41 Å². The fourth-order valence-electron chi connectivity index (χ4n) is 21.5. The molecule has 0 unspecified atom stereocenters. The Morgan fingerprint density at radius 1 is 0.226 bits per heavy atom. The summed E-state index contributed by atoms with van der Waals surface area (Å²) < 4.78 is 0. The predicted octanol–water partition coefficient (Wildman–Crippen LogP) is 25.5. The summed E-state index contributed by atoms with van der Waals surface area (Å²) in [6.45, 7) is 11.6. The summed E-state index contributed by atoms with van der Waals surface area (Å²) in [5.74, 6) is 0. The summed E-state index contributed by atoms with van der Waals surface area (Å²) in [5.41, 5.74) is 29.3. The summed E-state index contributed by atoms with van der Waals surface area (Å²) in [6.07, 6.45) is 0. The molecule has 4 bridgehead atoms. The van der Waals surface area contributed by atoms with Crippen LogP contribution >= 0.6 is 0 Å².